The van der Waals surface area contributed by atoms with E-state index in [0.29, 0.717) is 23.6 Å². The van der Waals surface area contributed by atoms with Gasteiger partial charge in [0.2, 0.25) is 5.78 Å². The lowest BCUT2D eigenvalue weighted by Crippen LogP contribution is -2.12. The molecule has 1 aromatic carbocycles. The molecule has 5 nitrogen and oxygen atoms in total. The second-order valence-corrected chi connectivity index (χ2v) is 4.39. The first-order valence-corrected chi connectivity index (χ1v) is 6.41. The van der Waals surface area contributed by atoms with Gasteiger partial charge in [-0.1, -0.05) is 0 Å². The van der Waals surface area contributed by atoms with Crippen LogP contribution in [0.4, 0.5) is 0 Å². The van der Waals surface area contributed by atoms with E-state index in [-0.39, 0.29) is 5.78 Å². The summed E-state index contributed by atoms with van der Waals surface area (Å²) in [6, 6.07) is 5.36. The van der Waals surface area contributed by atoms with Crippen LogP contribution in [-0.2, 0) is 6.54 Å². The first kappa shape index (κ1) is 14.1. The third-order valence-corrected chi connectivity index (χ3v) is 3.20. The van der Waals surface area contributed by atoms with Crippen molar-refractivity contribution in [1.82, 2.24) is 9.78 Å². The van der Waals surface area contributed by atoms with Crippen molar-refractivity contribution in [1.29, 1.82) is 0 Å². The van der Waals surface area contributed by atoms with E-state index < -0.39 is 0 Å². The van der Waals surface area contributed by atoms with Gasteiger partial charge >= 0.3 is 0 Å². The zero-order valence-corrected chi connectivity index (χ0v) is 12.1. The number of ether oxygens (including phenoxy) is 2. The van der Waals surface area contributed by atoms with Crippen LogP contribution in [-0.4, -0.2) is 29.8 Å². The minimum atomic E-state index is -0.105. The minimum Gasteiger partial charge on any atom is -0.496 e. The van der Waals surface area contributed by atoms with Crippen LogP contribution in [0.5, 0.6) is 11.5 Å². The van der Waals surface area contributed by atoms with Crippen LogP contribution >= 0.6 is 0 Å². The van der Waals surface area contributed by atoms with Gasteiger partial charge in [-0.25, -0.2) is 0 Å². The van der Waals surface area contributed by atoms with Crippen LogP contribution < -0.4 is 9.47 Å². The number of hydrogen-bond acceptors (Lipinski definition) is 4. The fourth-order valence-electron chi connectivity index (χ4n) is 2.14. The van der Waals surface area contributed by atoms with Gasteiger partial charge in [0.1, 0.15) is 5.75 Å². The molecule has 0 radical (unpaired) electrons. The molecule has 1 heterocycles. The second-order valence-electron chi connectivity index (χ2n) is 4.39. The van der Waals surface area contributed by atoms with E-state index in [9.17, 15) is 4.79 Å². The summed E-state index contributed by atoms with van der Waals surface area (Å²) in [6.07, 6.45) is 1.56. The van der Waals surface area contributed by atoms with Crippen LogP contribution in [0.1, 0.15) is 28.5 Å². The molecule has 2 aromatic rings. The van der Waals surface area contributed by atoms with Gasteiger partial charge in [-0.2, -0.15) is 5.10 Å². The summed E-state index contributed by atoms with van der Waals surface area (Å²) in [6.45, 7) is 4.45. The number of carbonyl (C=O) groups excluding carboxylic acids is 1. The number of aryl methyl sites for hydroxylation is 2. The molecule has 0 N–H and O–H groups in total. The zero-order chi connectivity index (χ0) is 14.7. The lowest BCUT2D eigenvalue weighted by molar-refractivity contribution is 0.102. The lowest BCUT2D eigenvalue weighted by Gasteiger charge is -2.09. The molecule has 0 aliphatic carbocycles. The molecule has 0 saturated carbocycles. The van der Waals surface area contributed by atoms with Crippen molar-refractivity contribution in [3.63, 3.8) is 0 Å². The van der Waals surface area contributed by atoms with Crippen molar-refractivity contribution in [2.24, 2.45) is 0 Å². The highest BCUT2D eigenvalue weighted by Gasteiger charge is 2.20. The van der Waals surface area contributed by atoms with Crippen LogP contribution in [0.3, 0.4) is 0 Å². The Hall–Kier alpha value is -2.30. The SMILES string of the molecule is CCn1ncc(OC)c1C(=O)c1ccc(OC)c(C)c1. The number of rotatable bonds is 5. The molecule has 0 aliphatic heterocycles. The van der Waals surface area contributed by atoms with E-state index in [1.807, 2.05) is 19.9 Å². The normalized spacial score (nSPS) is 10.4. The molecular formula is C15H18N2O3. The minimum absolute atomic E-state index is 0.105. The molecule has 0 fully saturated rings. The number of benzene rings is 1. The number of methoxy groups -OCH3 is 2. The quantitative estimate of drug-likeness (QED) is 0.786. The largest absolute Gasteiger partial charge is 0.496 e. The van der Waals surface area contributed by atoms with Gasteiger partial charge in [-0.15, -0.1) is 0 Å². The monoisotopic (exact) mass is 274 g/mol. The Morgan fingerprint density at radius 2 is 1.95 bits per heavy atom. The molecule has 0 atom stereocenters. The number of aromatic nitrogens is 2. The van der Waals surface area contributed by atoms with Gasteiger partial charge in [0, 0.05) is 12.1 Å². The number of hydrogen-bond donors (Lipinski definition) is 0. The van der Waals surface area contributed by atoms with E-state index in [2.05, 4.69) is 5.10 Å². The van der Waals surface area contributed by atoms with E-state index in [1.54, 1.807) is 30.1 Å². The van der Waals surface area contributed by atoms with E-state index in [1.165, 1.54) is 7.11 Å². The number of carbonyl (C=O) groups is 1. The van der Waals surface area contributed by atoms with E-state index in [4.69, 9.17) is 9.47 Å². The smallest absolute Gasteiger partial charge is 0.214 e. The Morgan fingerprint density at radius 3 is 2.50 bits per heavy atom. The molecule has 5 heteroatoms. The number of nitrogens with zero attached hydrogens (tertiary/aromatic N) is 2. The van der Waals surface area contributed by atoms with E-state index in [0.717, 1.165) is 11.3 Å². The molecule has 0 aliphatic rings. The Labute approximate surface area is 118 Å². The highest BCUT2D eigenvalue weighted by Crippen LogP contribution is 2.24. The second kappa shape index (κ2) is 5.77. The first-order valence-electron chi connectivity index (χ1n) is 6.41. The average molecular weight is 274 g/mol. The maximum atomic E-state index is 12.6. The standard InChI is InChI=1S/C15H18N2O3/c1-5-17-14(13(20-4)9-16-17)15(18)11-6-7-12(19-3)10(2)8-11/h6-9H,5H2,1-4H3. The van der Waals surface area contributed by atoms with Crippen molar-refractivity contribution in [2.45, 2.75) is 20.4 Å². The van der Waals surface area contributed by atoms with Crippen LogP contribution in [0.15, 0.2) is 24.4 Å². The maximum absolute atomic E-state index is 12.6. The fraction of sp³-hybridized carbons (Fsp3) is 0.333. The van der Waals surface area contributed by atoms with Crippen molar-refractivity contribution >= 4 is 5.78 Å². The third kappa shape index (κ3) is 2.39. The predicted octanol–water partition coefficient (Wildman–Crippen LogP) is 2.46. The predicted molar refractivity (Wildman–Crippen MR) is 75.6 cm³/mol. The molecule has 20 heavy (non-hydrogen) atoms. The third-order valence-electron chi connectivity index (χ3n) is 3.20. The van der Waals surface area contributed by atoms with Crippen LogP contribution in [0.2, 0.25) is 0 Å². The summed E-state index contributed by atoms with van der Waals surface area (Å²) in [5.41, 5.74) is 1.98. The summed E-state index contributed by atoms with van der Waals surface area (Å²) < 4.78 is 12.1. The van der Waals surface area contributed by atoms with Crippen LogP contribution in [0, 0.1) is 6.92 Å². The highest BCUT2D eigenvalue weighted by molar-refractivity contribution is 6.09. The van der Waals surface area contributed by atoms with Gasteiger partial charge in [0.25, 0.3) is 0 Å². The topological polar surface area (TPSA) is 53.4 Å². The summed E-state index contributed by atoms with van der Waals surface area (Å²) in [5, 5.41) is 4.15. The van der Waals surface area contributed by atoms with Gasteiger partial charge in [0.05, 0.1) is 20.4 Å². The van der Waals surface area contributed by atoms with Crippen LogP contribution in [0.25, 0.3) is 0 Å². The van der Waals surface area contributed by atoms with Gasteiger partial charge in [0.15, 0.2) is 11.4 Å². The summed E-state index contributed by atoms with van der Waals surface area (Å²) in [4.78, 5) is 12.6. The molecule has 106 valence electrons. The number of ketones is 1. The van der Waals surface area contributed by atoms with Crippen molar-refractivity contribution < 1.29 is 14.3 Å². The Morgan fingerprint density at radius 1 is 1.25 bits per heavy atom. The Bertz CT molecular complexity index is 611. The average Bonchev–Trinajstić information content (AvgIpc) is 2.89. The molecular weight excluding hydrogens is 256 g/mol. The molecule has 2 rings (SSSR count). The summed E-state index contributed by atoms with van der Waals surface area (Å²) >= 11 is 0. The van der Waals surface area contributed by atoms with Gasteiger partial charge in [-0.3, -0.25) is 9.48 Å². The molecule has 0 bridgehead atoms. The Balaban J connectivity index is 2.46. The summed E-state index contributed by atoms with van der Waals surface area (Å²) in [5.74, 6) is 1.15. The maximum Gasteiger partial charge on any atom is 0.214 e. The highest BCUT2D eigenvalue weighted by atomic mass is 16.5. The molecule has 0 amide bonds. The molecule has 0 spiro atoms. The molecule has 1 aromatic heterocycles. The fourth-order valence-corrected chi connectivity index (χ4v) is 2.14. The molecule has 0 saturated heterocycles. The van der Waals surface area contributed by atoms with Gasteiger partial charge in [-0.05, 0) is 37.6 Å². The van der Waals surface area contributed by atoms with Crippen molar-refractivity contribution in [2.75, 3.05) is 14.2 Å². The summed E-state index contributed by atoms with van der Waals surface area (Å²) in [7, 11) is 3.14. The van der Waals surface area contributed by atoms with Crippen molar-refractivity contribution in [3.05, 3.63) is 41.2 Å². The van der Waals surface area contributed by atoms with Crippen molar-refractivity contribution in [3.8, 4) is 11.5 Å². The van der Waals surface area contributed by atoms with Gasteiger partial charge < -0.3 is 9.47 Å². The first-order chi connectivity index (χ1) is 9.62. The lowest BCUT2D eigenvalue weighted by atomic mass is 10.0. The van der Waals surface area contributed by atoms with E-state index >= 15 is 0 Å². The molecule has 0 unspecified atom stereocenters. The Kier molecular flexibility index (Phi) is 4.08. The zero-order valence-electron chi connectivity index (χ0n) is 12.1.